The van der Waals surface area contributed by atoms with Crippen LogP contribution in [0.2, 0.25) is 0 Å². The number of ether oxygens (including phenoxy) is 2. The molecule has 1 atom stereocenters. The Kier molecular flexibility index (Phi) is 6.59. The molecule has 29 heavy (non-hydrogen) atoms. The molecular formula is C22H26N2O4S. The topological polar surface area (TPSA) is 67.9 Å². The highest BCUT2D eigenvalue weighted by Crippen LogP contribution is 2.33. The van der Waals surface area contributed by atoms with Gasteiger partial charge in [-0.3, -0.25) is 4.90 Å². The van der Waals surface area contributed by atoms with Gasteiger partial charge in [0.15, 0.2) is 0 Å². The molecule has 0 bridgehead atoms. The van der Waals surface area contributed by atoms with Crippen molar-refractivity contribution in [1.29, 1.82) is 0 Å². The van der Waals surface area contributed by atoms with E-state index in [9.17, 15) is 9.59 Å². The van der Waals surface area contributed by atoms with Crippen molar-refractivity contribution in [3.63, 3.8) is 0 Å². The Morgan fingerprint density at radius 3 is 2.52 bits per heavy atom. The maximum Gasteiger partial charge on any atom is 0.338 e. The van der Waals surface area contributed by atoms with Crippen LogP contribution in [0.1, 0.15) is 36.6 Å². The molecule has 6 nitrogen and oxygen atoms in total. The normalized spacial score (nSPS) is 16.6. The van der Waals surface area contributed by atoms with Gasteiger partial charge in [0.05, 0.1) is 23.9 Å². The summed E-state index contributed by atoms with van der Waals surface area (Å²) < 4.78 is 11.4. The lowest BCUT2D eigenvalue weighted by molar-refractivity contribution is -0.139. The summed E-state index contributed by atoms with van der Waals surface area (Å²) in [7, 11) is 0. The minimum absolute atomic E-state index is 0.0962. The monoisotopic (exact) mass is 414 g/mol. The molecular weight excluding hydrogens is 388 g/mol. The van der Waals surface area contributed by atoms with E-state index in [1.807, 2.05) is 49.7 Å². The highest BCUT2D eigenvalue weighted by molar-refractivity contribution is 7.08. The van der Waals surface area contributed by atoms with E-state index in [-0.39, 0.29) is 19.2 Å². The van der Waals surface area contributed by atoms with Gasteiger partial charge in [0.2, 0.25) is 0 Å². The lowest BCUT2D eigenvalue weighted by atomic mass is 9.96. The third-order valence-corrected chi connectivity index (χ3v) is 5.40. The molecule has 0 spiro atoms. The number of likely N-dealkylation sites (N-methyl/N-ethyl adjacent to an activating group) is 1. The van der Waals surface area contributed by atoms with Crippen LogP contribution in [0.25, 0.3) is 0 Å². The molecule has 1 aromatic carbocycles. The molecule has 0 aliphatic carbocycles. The summed E-state index contributed by atoms with van der Waals surface area (Å²) in [5, 5.41) is 6.78. The highest BCUT2D eigenvalue weighted by Gasteiger charge is 2.38. The molecule has 0 saturated heterocycles. The van der Waals surface area contributed by atoms with Crippen molar-refractivity contribution in [1.82, 2.24) is 10.2 Å². The van der Waals surface area contributed by atoms with Crippen molar-refractivity contribution in [3.05, 3.63) is 63.0 Å². The second-order valence-electron chi connectivity index (χ2n) is 6.88. The molecule has 0 radical (unpaired) electrons. The first-order chi connectivity index (χ1) is 13.9. The van der Waals surface area contributed by atoms with Gasteiger partial charge in [-0.25, -0.2) is 9.59 Å². The first kappa shape index (κ1) is 20.9. The molecule has 154 valence electrons. The van der Waals surface area contributed by atoms with E-state index in [0.717, 1.165) is 16.7 Å². The van der Waals surface area contributed by atoms with E-state index >= 15 is 0 Å². The van der Waals surface area contributed by atoms with Gasteiger partial charge in [-0.1, -0.05) is 6.07 Å². The van der Waals surface area contributed by atoms with Gasteiger partial charge in [-0.05, 0) is 73.3 Å². The Morgan fingerprint density at radius 1 is 1.21 bits per heavy atom. The van der Waals surface area contributed by atoms with Gasteiger partial charge in [-0.2, -0.15) is 11.3 Å². The van der Waals surface area contributed by atoms with Crippen LogP contribution < -0.4 is 10.1 Å². The summed E-state index contributed by atoms with van der Waals surface area (Å²) >= 11 is 1.51. The summed E-state index contributed by atoms with van der Waals surface area (Å²) in [6, 6.07) is 7.03. The van der Waals surface area contributed by atoms with Crippen LogP contribution in [0.4, 0.5) is 4.79 Å². The zero-order chi connectivity index (χ0) is 21.0. The average Bonchev–Trinajstić information content (AvgIpc) is 3.19. The number of esters is 1. The van der Waals surface area contributed by atoms with Gasteiger partial charge in [0, 0.05) is 6.54 Å². The summed E-state index contributed by atoms with van der Waals surface area (Å²) in [6.45, 7) is 8.40. The summed E-state index contributed by atoms with van der Waals surface area (Å²) in [6.07, 6.45) is 0. The van der Waals surface area contributed by atoms with Gasteiger partial charge >= 0.3 is 12.0 Å². The number of thiophene rings is 1. The van der Waals surface area contributed by atoms with E-state index in [1.165, 1.54) is 16.2 Å². The number of benzene rings is 1. The number of amides is 2. The SMILES string of the molecule is CCOC(=O)C1=C(COc2cc(C)cc(C)c2)N(CC)C(=O)NC1c1ccsc1. The largest absolute Gasteiger partial charge is 0.487 e. The Morgan fingerprint density at radius 2 is 1.93 bits per heavy atom. The molecule has 0 saturated carbocycles. The first-order valence-corrected chi connectivity index (χ1v) is 10.6. The molecule has 2 heterocycles. The zero-order valence-corrected chi connectivity index (χ0v) is 18.0. The fourth-order valence-electron chi connectivity index (χ4n) is 3.50. The van der Waals surface area contributed by atoms with Crippen LogP contribution in [-0.4, -0.2) is 36.7 Å². The van der Waals surface area contributed by atoms with E-state index in [4.69, 9.17) is 9.47 Å². The van der Waals surface area contributed by atoms with Crippen molar-refractivity contribution in [2.75, 3.05) is 19.8 Å². The third-order valence-electron chi connectivity index (χ3n) is 4.70. The summed E-state index contributed by atoms with van der Waals surface area (Å²) in [5.41, 5.74) is 3.97. The van der Waals surface area contributed by atoms with E-state index < -0.39 is 12.0 Å². The van der Waals surface area contributed by atoms with Crippen molar-refractivity contribution >= 4 is 23.3 Å². The lowest BCUT2D eigenvalue weighted by Gasteiger charge is -2.35. The van der Waals surface area contributed by atoms with Crippen LogP contribution >= 0.6 is 11.3 Å². The molecule has 1 aliphatic heterocycles. The number of aryl methyl sites for hydroxylation is 2. The quantitative estimate of drug-likeness (QED) is 0.684. The number of nitrogens with zero attached hydrogens (tertiary/aromatic N) is 1. The van der Waals surface area contributed by atoms with Crippen LogP contribution in [-0.2, 0) is 9.53 Å². The predicted octanol–water partition coefficient (Wildman–Crippen LogP) is 4.35. The molecule has 1 unspecified atom stereocenters. The molecule has 1 aromatic heterocycles. The van der Waals surface area contributed by atoms with E-state index in [2.05, 4.69) is 11.4 Å². The Balaban J connectivity index is 2.03. The number of nitrogens with one attached hydrogen (secondary N) is 1. The highest BCUT2D eigenvalue weighted by atomic mass is 32.1. The Labute approximate surface area is 175 Å². The van der Waals surface area contributed by atoms with Gasteiger partial charge in [-0.15, -0.1) is 0 Å². The minimum atomic E-state index is -0.562. The average molecular weight is 415 g/mol. The number of rotatable bonds is 7. The van der Waals surface area contributed by atoms with Crippen LogP contribution in [0.3, 0.4) is 0 Å². The fourth-order valence-corrected chi connectivity index (χ4v) is 4.19. The van der Waals surface area contributed by atoms with Gasteiger partial charge in [0.1, 0.15) is 12.4 Å². The number of carbonyl (C=O) groups is 2. The second-order valence-corrected chi connectivity index (χ2v) is 7.66. The molecule has 1 N–H and O–H groups in total. The minimum Gasteiger partial charge on any atom is -0.487 e. The summed E-state index contributed by atoms with van der Waals surface area (Å²) in [5.74, 6) is 0.258. The standard InChI is InChI=1S/C22H26N2O4S/c1-5-24-18(12-28-17-10-14(3)9-15(4)11-17)19(21(25)27-6-2)20(23-22(24)26)16-7-8-29-13-16/h7-11,13,20H,5-6,12H2,1-4H3,(H,23,26). The van der Waals surface area contributed by atoms with Crippen molar-refractivity contribution in [2.45, 2.75) is 33.7 Å². The molecule has 2 amide bonds. The van der Waals surface area contributed by atoms with Crippen LogP contribution in [0.15, 0.2) is 46.3 Å². The fraction of sp³-hybridized carbons (Fsp3) is 0.364. The van der Waals surface area contributed by atoms with Gasteiger partial charge < -0.3 is 14.8 Å². The predicted molar refractivity (Wildman–Crippen MR) is 113 cm³/mol. The van der Waals surface area contributed by atoms with Crippen LogP contribution in [0.5, 0.6) is 5.75 Å². The maximum atomic E-state index is 12.9. The van der Waals surface area contributed by atoms with Gasteiger partial charge in [0.25, 0.3) is 0 Å². The first-order valence-electron chi connectivity index (χ1n) is 9.66. The number of hydrogen-bond acceptors (Lipinski definition) is 5. The molecule has 1 aliphatic rings. The number of hydrogen-bond donors (Lipinski definition) is 1. The zero-order valence-electron chi connectivity index (χ0n) is 17.2. The van der Waals surface area contributed by atoms with Crippen LogP contribution in [0, 0.1) is 13.8 Å². The number of carbonyl (C=O) groups excluding carboxylic acids is 2. The van der Waals surface area contributed by atoms with E-state index in [0.29, 0.717) is 23.6 Å². The van der Waals surface area contributed by atoms with E-state index in [1.54, 1.807) is 6.92 Å². The molecule has 3 rings (SSSR count). The Hall–Kier alpha value is -2.80. The summed E-state index contributed by atoms with van der Waals surface area (Å²) in [4.78, 5) is 27.2. The molecule has 0 fully saturated rings. The Bertz CT molecular complexity index is 901. The smallest absolute Gasteiger partial charge is 0.338 e. The van der Waals surface area contributed by atoms with Crippen molar-refractivity contribution in [3.8, 4) is 5.75 Å². The molecule has 7 heteroatoms. The third kappa shape index (κ3) is 4.62. The molecule has 2 aromatic rings. The number of urea groups is 1. The second kappa shape index (κ2) is 9.13. The van der Waals surface area contributed by atoms with Crippen molar-refractivity contribution < 1.29 is 19.1 Å². The maximum absolute atomic E-state index is 12.9. The lowest BCUT2D eigenvalue weighted by Crippen LogP contribution is -2.49. The van der Waals surface area contributed by atoms with Crippen molar-refractivity contribution in [2.24, 2.45) is 0 Å².